The molecule has 2 aromatic carbocycles. The summed E-state index contributed by atoms with van der Waals surface area (Å²) in [7, 11) is 0. The third-order valence-electron chi connectivity index (χ3n) is 3.50. The maximum atomic E-state index is 12.3. The first-order valence-corrected chi connectivity index (χ1v) is 8.73. The van der Waals surface area contributed by atoms with E-state index in [9.17, 15) is 9.00 Å². The van der Waals surface area contributed by atoms with Crippen LogP contribution in [-0.2, 0) is 11.1 Å². The molecule has 0 aromatic heterocycles. The lowest BCUT2D eigenvalue weighted by molar-refractivity contribution is 0.252. The normalized spacial score (nSPS) is 15.0. The van der Waals surface area contributed by atoms with Crippen molar-refractivity contribution < 1.29 is 17.9 Å². The molecule has 7 heteroatoms. The average Bonchev–Trinajstić information content (AvgIpc) is 3.03. The molecule has 0 aliphatic carbocycles. The smallest absolute Gasteiger partial charge is 0.321 e. The number of urea groups is 1. The monoisotopic (exact) mass is 346 g/mol. The van der Waals surface area contributed by atoms with E-state index < -0.39 is 11.1 Å². The Bertz CT molecular complexity index is 731. The Kier molecular flexibility index (Phi) is 5.00. The summed E-state index contributed by atoms with van der Waals surface area (Å²) in [6.07, 6.45) is 0. The first-order valence-electron chi connectivity index (χ1n) is 7.66. The molecule has 1 saturated heterocycles. The van der Waals surface area contributed by atoms with Gasteiger partial charge in [-0.25, -0.2) is 9.00 Å². The van der Waals surface area contributed by atoms with E-state index in [1.165, 1.54) is 0 Å². The lowest BCUT2D eigenvalue weighted by Gasteiger charge is -2.14. The fourth-order valence-electron chi connectivity index (χ4n) is 2.35. The van der Waals surface area contributed by atoms with Gasteiger partial charge in [-0.05, 0) is 55.5 Å². The summed E-state index contributed by atoms with van der Waals surface area (Å²) in [5, 5.41) is 2.74. The quantitative estimate of drug-likeness (QED) is 0.873. The Morgan fingerprint density at radius 1 is 1.08 bits per heavy atom. The number of rotatable bonds is 6. The van der Waals surface area contributed by atoms with Crippen molar-refractivity contribution in [2.45, 2.75) is 11.8 Å². The number of benzene rings is 2. The van der Waals surface area contributed by atoms with Crippen molar-refractivity contribution in [3.63, 3.8) is 0 Å². The highest BCUT2D eigenvalue weighted by molar-refractivity contribution is 7.80. The molecule has 2 amide bonds. The molecule has 1 N–H and O–H groups in total. The molecule has 1 heterocycles. The van der Waals surface area contributed by atoms with Crippen molar-refractivity contribution in [1.29, 1.82) is 0 Å². The summed E-state index contributed by atoms with van der Waals surface area (Å²) in [5.41, 5.74) is 0.770. The zero-order chi connectivity index (χ0) is 16.9. The van der Waals surface area contributed by atoms with Crippen molar-refractivity contribution in [1.82, 2.24) is 5.32 Å². The van der Waals surface area contributed by atoms with Crippen molar-refractivity contribution in [3.05, 3.63) is 48.5 Å². The Morgan fingerprint density at radius 3 is 2.33 bits per heavy atom. The van der Waals surface area contributed by atoms with Gasteiger partial charge >= 0.3 is 6.03 Å². The Balaban J connectivity index is 1.65. The highest BCUT2D eigenvalue weighted by atomic mass is 32.2. The van der Waals surface area contributed by atoms with Gasteiger partial charge < -0.3 is 14.2 Å². The lowest BCUT2D eigenvalue weighted by atomic mass is 10.3. The molecule has 1 aliphatic heterocycles. The minimum absolute atomic E-state index is 0.116. The zero-order valence-electron chi connectivity index (χ0n) is 13.2. The van der Waals surface area contributed by atoms with Gasteiger partial charge in [0.1, 0.15) is 11.5 Å². The number of anilines is 1. The third kappa shape index (κ3) is 3.68. The van der Waals surface area contributed by atoms with Crippen LogP contribution < -0.4 is 19.1 Å². The topological polar surface area (TPSA) is 67.9 Å². The van der Waals surface area contributed by atoms with Crippen molar-refractivity contribution in [3.8, 4) is 11.5 Å². The van der Waals surface area contributed by atoms with Gasteiger partial charge in [-0.2, -0.15) is 0 Å². The van der Waals surface area contributed by atoms with E-state index in [0.29, 0.717) is 30.3 Å². The summed E-state index contributed by atoms with van der Waals surface area (Å²) in [4.78, 5) is 13.8. The van der Waals surface area contributed by atoms with E-state index in [2.05, 4.69) is 5.32 Å². The predicted molar refractivity (Wildman–Crippen MR) is 91.8 cm³/mol. The molecule has 3 rings (SSSR count). The van der Waals surface area contributed by atoms with Crippen LogP contribution in [0.4, 0.5) is 10.5 Å². The standard InChI is InChI=1S/C17H18N2O4S/c1-2-22-14-5-7-15(8-6-14)23-24(21)16-9-3-13(4-10-16)19-12-11-18-17(19)20/h3-10H,2,11-12H2,1H3,(H,18,20). The Labute approximate surface area is 143 Å². The van der Waals surface area contributed by atoms with Crippen LogP contribution in [0.2, 0.25) is 0 Å². The molecule has 0 radical (unpaired) electrons. The maximum absolute atomic E-state index is 12.3. The molecule has 0 spiro atoms. The molecule has 126 valence electrons. The molecule has 1 unspecified atom stereocenters. The molecule has 0 saturated carbocycles. The minimum atomic E-state index is -1.62. The van der Waals surface area contributed by atoms with Crippen LogP contribution in [0.5, 0.6) is 11.5 Å². The summed E-state index contributed by atoms with van der Waals surface area (Å²) in [5.74, 6) is 1.24. The number of amides is 2. The highest BCUT2D eigenvalue weighted by Crippen LogP contribution is 2.22. The molecule has 1 aliphatic rings. The number of hydrogen-bond donors (Lipinski definition) is 1. The number of carbonyl (C=O) groups is 1. The van der Waals surface area contributed by atoms with Crippen LogP contribution in [0.25, 0.3) is 0 Å². The van der Waals surface area contributed by atoms with Gasteiger partial charge in [-0.15, -0.1) is 0 Å². The van der Waals surface area contributed by atoms with Crippen LogP contribution >= 0.6 is 0 Å². The first-order chi connectivity index (χ1) is 11.7. The molecule has 24 heavy (non-hydrogen) atoms. The van der Waals surface area contributed by atoms with Gasteiger partial charge in [0, 0.05) is 18.8 Å². The van der Waals surface area contributed by atoms with Gasteiger partial charge in [0.15, 0.2) is 0 Å². The van der Waals surface area contributed by atoms with Gasteiger partial charge in [-0.3, -0.25) is 4.90 Å². The molecule has 0 bridgehead atoms. The van der Waals surface area contributed by atoms with E-state index in [1.807, 2.05) is 6.92 Å². The largest absolute Gasteiger partial charge is 0.494 e. The average molecular weight is 346 g/mol. The maximum Gasteiger partial charge on any atom is 0.321 e. The van der Waals surface area contributed by atoms with Crippen LogP contribution in [-0.4, -0.2) is 29.9 Å². The summed E-state index contributed by atoms with van der Waals surface area (Å²) in [6.45, 7) is 3.76. The number of carbonyl (C=O) groups excluding carboxylic acids is 1. The van der Waals surface area contributed by atoms with E-state index in [1.54, 1.807) is 53.4 Å². The molecular formula is C17H18N2O4S. The second-order valence-electron chi connectivity index (χ2n) is 5.10. The fraction of sp³-hybridized carbons (Fsp3) is 0.235. The number of ether oxygens (including phenoxy) is 1. The summed E-state index contributed by atoms with van der Waals surface area (Å²) >= 11 is -1.62. The van der Waals surface area contributed by atoms with Gasteiger partial charge in [0.25, 0.3) is 0 Å². The van der Waals surface area contributed by atoms with E-state index in [4.69, 9.17) is 8.92 Å². The first kappa shape index (κ1) is 16.3. The van der Waals surface area contributed by atoms with Crippen molar-refractivity contribution >= 4 is 22.8 Å². The van der Waals surface area contributed by atoms with E-state index >= 15 is 0 Å². The van der Waals surface area contributed by atoms with Gasteiger partial charge in [0.05, 0.1) is 11.5 Å². The lowest BCUT2D eigenvalue weighted by Crippen LogP contribution is -2.27. The second-order valence-corrected chi connectivity index (χ2v) is 6.21. The van der Waals surface area contributed by atoms with Crippen LogP contribution in [0.3, 0.4) is 0 Å². The molecule has 1 fully saturated rings. The van der Waals surface area contributed by atoms with Crippen LogP contribution in [0.15, 0.2) is 53.4 Å². The SMILES string of the molecule is CCOc1ccc(OS(=O)c2ccc(N3CCNC3=O)cc2)cc1. The highest BCUT2D eigenvalue weighted by Gasteiger charge is 2.21. The van der Waals surface area contributed by atoms with E-state index in [0.717, 1.165) is 11.4 Å². The third-order valence-corrected chi connectivity index (χ3v) is 4.51. The summed E-state index contributed by atoms with van der Waals surface area (Å²) in [6, 6.07) is 13.8. The van der Waals surface area contributed by atoms with Crippen molar-refractivity contribution in [2.75, 3.05) is 24.6 Å². The Hall–Kier alpha value is -2.54. The Morgan fingerprint density at radius 2 is 1.75 bits per heavy atom. The number of nitrogens with one attached hydrogen (secondary N) is 1. The van der Waals surface area contributed by atoms with Crippen molar-refractivity contribution in [2.24, 2.45) is 0 Å². The van der Waals surface area contributed by atoms with Gasteiger partial charge in [0.2, 0.25) is 11.1 Å². The molecular weight excluding hydrogens is 328 g/mol. The van der Waals surface area contributed by atoms with Gasteiger partial charge in [-0.1, -0.05) is 0 Å². The zero-order valence-corrected chi connectivity index (χ0v) is 14.0. The van der Waals surface area contributed by atoms with Crippen LogP contribution in [0.1, 0.15) is 6.92 Å². The minimum Gasteiger partial charge on any atom is -0.494 e. The molecule has 6 nitrogen and oxygen atoms in total. The molecule has 1 atom stereocenters. The summed E-state index contributed by atoms with van der Waals surface area (Å²) < 4.78 is 23.1. The number of hydrogen-bond acceptors (Lipinski definition) is 4. The predicted octanol–water partition coefficient (Wildman–Crippen LogP) is 2.72. The van der Waals surface area contributed by atoms with E-state index in [-0.39, 0.29) is 6.03 Å². The fourth-order valence-corrected chi connectivity index (χ4v) is 3.09. The number of nitrogens with zero attached hydrogens (tertiary/aromatic N) is 1. The van der Waals surface area contributed by atoms with Crippen LogP contribution in [0, 0.1) is 0 Å². The second kappa shape index (κ2) is 7.35. The molecule has 2 aromatic rings.